The molecule has 0 fully saturated rings. The van der Waals surface area contributed by atoms with Gasteiger partial charge in [0.2, 0.25) is 0 Å². The number of rotatable bonds is 6. The summed E-state index contributed by atoms with van der Waals surface area (Å²) in [5.41, 5.74) is 0.923. The molecule has 0 saturated heterocycles. The predicted molar refractivity (Wildman–Crippen MR) is 70.4 cm³/mol. The average molecular weight is 300 g/mol. The molecule has 0 aliphatic rings. The summed E-state index contributed by atoms with van der Waals surface area (Å²) in [6.45, 7) is 4.54. The van der Waals surface area contributed by atoms with Crippen molar-refractivity contribution in [1.29, 1.82) is 0 Å². The number of nitrogens with one attached hydrogen (secondary N) is 1. The van der Waals surface area contributed by atoms with Crippen molar-refractivity contribution in [3.63, 3.8) is 0 Å². The Morgan fingerprint density at radius 2 is 2.11 bits per heavy atom. The lowest BCUT2D eigenvalue weighted by Crippen LogP contribution is -2.23. The van der Waals surface area contributed by atoms with Crippen LogP contribution in [0, 0.1) is 6.92 Å². The molecule has 18 heavy (non-hydrogen) atoms. The Balaban J connectivity index is 2.75. The van der Waals surface area contributed by atoms with E-state index in [1.807, 2.05) is 19.2 Å². The van der Waals surface area contributed by atoms with Crippen LogP contribution in [0.25, 0.3) is 0 Å². The van der Waals surface area contributed by atoms with Crippen LogP contribution < -0.4 is 5.32 Å². The van der Waals surface area contributed by atoms with Crippen LogP contribution in [0.1, 0.15) is 42.7 Å². The molecule has 1 nitrogen and oxygen atoms in total. The summed E-state index contributed by atoms with van der Waals surface area (Å²) in [6.07, 6.45) is -4.00. The Bertz CT molecular complexity index is 376. The minimum atomic E-state index is -4.12. The second-order valence-corrected chi connectivity index (χ2v) is 5.55. The van der Waals surface area contributed by atoms with E-state index in [4.69, 9.17) is 11.6 Å². The monoisotopic (exact) mass is 299 g/mol. The molecule has 0 amide bonds. The molecule has 1 N–H and O–H groups in total. The van der Waals surface area contributed by atoms with Crippen molar-refractivity contribution in [2.75, 3.05) is 6.54 Å². The molecule has 1 heterocycles. The number of hydrogen-bond donors (Lipinski definition) is 1. The Morgan fingerprint density at radius 1 is 1.44 bits per heavy atom. The Kier molecular flexibility index (Phi) is 5.95. The lowest BCUT2D eigenvalue weighted by Gasteiger charge is -2.18. The molecule has 0 aliphatic carbocycles. The van der Waals surface area contributed by atoms with Crippen molar-refractivity contribution in [3.8, 4) is 0 Å². The fourth-order valence-electron chi connectivity index (χ4n) is 1.64. The molecule has 1 atom stereocenters. The number of halogens is 4. The number of thiophene rings is 1. The third-order valence-corrected chi connectivity index (χ3v) is 4.43. The molecule has 0 radical (unpaired) electrons. The largest absolute Gasteiger partial charge is 0.389 e. The summed E-state index contributed by atoms with van der Waals surface area (Å²) in [6, 6.07) is -0.308. The molecule has 0 saturated carbocycles. The van der Waals surface area contributed by atoms with Crippen LogP contribution in [0.5, 0.6) is 0 Å². The minimum Gasteiger partial charge on any atom is -0.309 e. The fraction of sp³-hybridized carbons (Fsp3) is 0.667. The molecule has 0 aliphatic heterocycles. The molecular formula is C12H17ClF3NS. The normalized spacial score (nSPS) is 13.9. The van der Waals surface area contributed by atoms with Gasteiger partial charge in [-0.25, -0.2) is 0 Å². The molecule has 6 heteroatoms. The van der Waals surface area contributed by atoms with Gasteiger partial charge < -0.3 is 5.32 Å². The molecule has 1 aromatic rings. The maximum atomic E-state index is 12.3. The van der Waals surface area contributed by atoms with Crippen LogP contribution in [0.15, 0.2) is 5.38 Å². The van der Waals surface area contributed by atoms with Gasteiger partial charge in [-0.05, 0) is 37.3 Å². The SMILES string of the molecule is CCCNC(CCC(F)(F)F)c1scc(C)c1Cl. The summed E-state index contributed by atoms with van der Waals surface area (Å²) >= 11 is 7.55. The summed E-state index contributed by atoms with van der Waals surface area (Å²) in [4.78, 5) is 0.812. The molecule has 0 aromatic carbocycles. The summed E-state index contributed by atoms with van der Waals surface area (Å²) in [5, 5.41) is 5.61. The molecule has 104 valence electrons. The van der Waals surface area contributed by atoms with E-state index in [0.717, 1.165) is 16.9 Å². The van der Waals surface area contributed by atoms with Crippen LogP contribution in [-0.2, 0) is 0 Å². The number of hydrogen-bond acceptors (Lipinski definition) is 2. The highest BCUT2D eigenvalue weighted by Crippen LogP contribution is 2.36. The zero-order chi connectivity index (χ0) is 13.8. The second kappa shape index (κ2) is 6.78. The topological polar surface area (TPSA) is 12.0 Å². The van der Waals surface area contributed by atoms with E-state index in [1.165, 1.54) is 11.3 Å². The van der Waals surface area contributed by atoms with E-state index in [-0.39, 0.29) is 12.5 Å². The van der Waals surface area contributed by atoms with Gasteiger partial charge in [0, 0.05) is 17.3 Å². The van der Waals surface area contributed by atoms with Crippen molar-refractivity contribution in [1.82, 2.24) is 5.32 Å². The first-order valence-electron chi connectivity index (χ1n) is 5.88. The fourth-order valence-corrected chi connectivity index (χ4v) is 3.07. The highest BCUT2D eigenvalue weighted by Gasteiger charge is 2.29. The van der Waals surface area contributed by atoms with Crippen LogP contribution >= 0.6 is 22.9 Å². The maximum absolute atomic E-state index is 12.3. The van der Waals surface area contributed by atoms with Crippen molar-refractivity contribution >= 4 is 22.9 Å². The van der Waals surface area contributed by atoms with Crippen molar-refractivity contribution in [2.24, 2.45) is 0 Å². The molecular weight excluding hydrogens is 283 g/mol. The highest BCUT2D eigenvalue weighted by atomic mass is 35.5. The summed E-state index contributed by atoms with van der Waals surface area (Å²) in [7, 11) is 0. The van der Waals surface area contributed by atoms with Crippen molar-refractivity contribution < 1.29 is 13.2 Å². The zero-order valence-corrected chi connectivity index (χ0v) is 12.0. The van der Waals surface area contributed by atoms with Gasteiger partial charge in [0.15, 0.2) is 0 Å². The van der Waals surface area contributed by atoms with Crippen LogP contribution in [0.4, 0.5) is 13.2 Å². The van der Waals surface area contributed by atoms with E-state index in [0.29, 0.717) is 11.6 Å². The van der Waals surface area contributed by atoms with Gasteiger partial charge in [0.05, 0.1) is 5.02 Å². The van der Waals surface area contributed by atoms with Gasteiger partial charge in [-0.2, -0.15) is 13.2 Å². The van der Waals surface area contributed by atoms with E-state index in [9.17, 15) is 13.2 Å². The summed E-state index contributed by atoms with van der Waals surface area (Å²) in [5.74, 6) is 0. The maximum Gasteiger partial charge on any atom is 0.389 e. The third-order valence-electron chi connectivity index (χ3n) is 2.60. The first-order chi connectivity index (χ1) is 8.35. The standard InChI is InChI=1S/C12H17ClF3NS/c1-3-6-17-9(4-5-12(14,15)16)11-10(13)8(2)7-18-11/h7,9,17H,3-6H2,1-2H3. The quantitative estimate of drug-likeness (QED) is 0.771. The molecule has 0 bridgehead atoms. The van der Waals surface area contributed by atoms with Gasteiger partial charge >= 0.3 is 6.18 Å². The van der Waals surface area contributed by atoms with Crippen LogP contribution in [0.3, 0.4) is 0 Å². The van der Waals surface area contributed by atoms with Gasteiger partial charge in [0.1, 0.15) is 0 Å². The van der Waals surface area contributed by atoms with Gasteiger partial charge in [0.25, 0.3) is 0 Å². The molecule has 1 rings (SSSR count). The summed E-state index contributed by atoms with van der Waals surface area (Å²) < 4.78 is 36.9. The van der Waals surface area contributed by atoms with E-state index < -0.39 is 12.6 Å². The second-order valence-electron chi connectivity index (χ2n) is 4.26. The van der Waals surface area contributed by atoms with E-state index >= 15 is 0 Å². The first kappa shape index (κ1) is 15.8. The van der Waals surface area contributed by atoms with Gasteiger partial charge in [-0.3, -0.25) is 0 Å². The lowest BCUT2D eigenvalue weighted by molar-refractivity contribution is -0.136. The van der Waals surface area contributed by atoms with Crippen molar-refractivity contribution in [3.05, 3.63) is 20.8 Å². The lowest BCUT2D eigenvalue weighted by atomic mass is 10.1. The van der Waals surface area contributed by atoms with E-state index in [1.54, 1.807) is 0 Å². The first-order valence-corrected chi connectivity index (χ1v) is 7.14. The Morgan fingerprint density at radius 3 is 2.56 bits per heavy atom. The van der Waals surface area contributed by atoms with E-state index in [2.05, 4.69) is 5.32 Å². The minimum absolute atomic E-state index is 0.0309. The van der Waals surface area contributed by atoms with Gasteiger partial charge in [-0.15, -0.1) is 11.3 Å². The number of aryl methyl sites for hydroxylation is 1. The predicted octanol–water partition coefficient (Wildman–Crippen LogP) is 5.09. The smallest absolute Gasteiger partial charge is 0.309 e. The van der Waals surface area contributed by atoms with Crippen LogP contribution in [-0.4, -0.2) is 12.7 Å². The van der Waals surface area contributed by atoms with Gasteiger partial charge in [-0.1, -0.05) is 18.5 Å². The highest BCUT2D eigenvalue weighted by molar-refractivity contribution is 7.10. The zero-order valence-electron chi connectivity index (χ0n) is 10.4. The molecule has 1 unspecified atom stereocenters. The molecule has 0 spiro atoms. The van der Waals surface area contributed by atoms with Crippen molar-refractivity contribution in [2.45, 2.75) is 45.3 Å². The third kappa shape index (κ3) is 4.78. The molecule has 1 aromatic heterocycles. The average Bonchev–Trinajstić information content (AvgIpc) is 2.59. The Labute approximate surface area is 114 Å². The number of alkyl halides is 3. The Hall–Kier alpha value is -0.260. The van der Waals surface area contributed by atoms with Crippen LogP contribution in [0.2, 0.25) is 5.02 Å².